The van der Waals surface area contributed by atoms with Crippen molar-refractivity contribution in [1.29, 1.82) is 0 Å². The summed E-state index contributed by atoms with van der Waals surface area (Å²) in [7, 11) is 0. The van der Waals surface area contributed by atoms with Gasteiger partial charge in [-0.2, -0.15) is 0 Å². The fraction of sp³-hybridized carbons (Fsp3) is 0.333. The molecule has 32 heavy (non-hydrogen) atoms. The molecule has 2 heterocycles. The number of nitrogens with zero attached hydrogens (tertiary/aromatic N) is 2. The Kier molecular flexibility index (Phi) is 6.92. The maximum atomic E-state index is 12.8. The summed E-state index contributed by atoms with van der Waals surface area (Å²) in [6.07, 6.45) is 2.72. The predicted molar refractivity (Wildman–Crippen MR) is 122 cm³/mol. The molecule has 3 N–H and O–H groups in total. The quantitative estimate of drug-likeness (QED) is 0.444. The van der Waals surface area contributed by atoms with Crippen molar-refractivity contribution in [2.45, 2.75) is 53.1 Å². The molecule has 3 rings (SSSR count). The van der Waals surface area contributed by atoms with Crippen LogP contribution in [0, 0.1) is 20.8 Å². The molecule has 1 atom stereocenters. The molecule has 0 aliphatic heterocycles. The number of aromatic nitrogens is 2. The van der Waals surface area contributed by atoms with Crippen LogP contribution in [0.4, 0.5) is 5.69 Å². The standard InChI is InChI=1S/C24H28N4O4/c1-5-17-8-6-7-14(2)19(17)12-25-21-11-18(13-28-16(4)15(3)26-22(21)28)23(30)27-20(9-10-29)24(31)32/h6-8,10-11,13,20,25H,5,9,12H2,1-4H3,(H,27,30)(H,31,32). The highest BCUT2D eigenvalue weighted by Gasteiger charge is 2.22. The van der Waals surface area contributed by atoms with E-state index in [0.29, 0.717) is 24.2 Å². The maximum Gasteiger partial charge on any atom is 0.326 e. The number of rotatable bonds is 9. The number of carboxylic acid groups (broad SMARTS) is 1. The van der Waals surface area contributed by atoms with Crippen LogP contribution in [0.2, 0.25) is 0 Å². The summed E-state index contributed by atoms with van der Waals surface area (Å²) in [5.41, 5.74) is 6.96. The number of amides is 1. The Morgan fingerprint density at radius 3 is 2.66 bits per heavy atom. The lowest BCUT2D eigenvalue weighted by Crippen LogP contribution is -2.41. The zero-order valence-corrected chi connectivity index (χ0v) is 18.7. The summed E-state index contributed by atoms with van der Waals surface area (Å²) in [5, 5.41) is 15.1. The summed E-state index contributed by atoms with van der Waals surface area (Å²) in [4.78, 5) is 39.6. The largest absolute Gasteiger partial charge is 0.480 e. The third-order valence-electron chi connectivity index (χ3n) is 5.74. The van der Waals surface area contributed by atoms with E-state index in [-0.39, 0.29) is 12.0 Å². The number of hydrogen-bond acceptors (Lipinski definition) is 5. The topological polar surface area (TPSA) is 113 Å². The van der Waals surface area contributed by atoms with E-state index in [4.69, 9.17) is 0 Å². The van der Waals surface area contributed by atoms with Gasteiger partial charge < -0.3 is 24.9 Å². The fourth-order valence-corrected chi connectivity index (χ4v) is 3.72. The molecule has 0 bridgehead atoms. The molecule has 0 radical (unpaired) electrons. The van der Waals surface area contributed by atoms with Gasteiger partial charge in [0.05, 0.1) is 16.9 Å². The Bertz CT molecular complexity index is 1180. The monoisotopic (exact) mass is 436 g/mol. The molecule has 2 aromatic heterocycles. The number of carboxylic acids is 1. The maximum absolute atomic E-state index is 12.8. The number of anilines is 1. The van der Waals surface area contributed by atoms with Gasteiger partial charge in [0, 0.05) is 24.9 Å². The number of carbonyl (C=O) groups is 3. The Morgan fingerprint density at radius 2 is 2.00 bits per heavy atom. The molecule has 1 unspecified atom stereocenters. The van der Waals surface area contributed by atoms with Crippen LogP contribution >= 0.6 is 0 Å². The fourth-order valence-electron chi connectivity index (χ4n) is 3.72. The van der Waals surface area contributed by atoms with E-state index < -0.39 is 17.9 Å². The SMILES string of the molecule is CCc1cccc(C)c1CNc1cc(C(=O)NC(CC=O)C(=O)O)cn2c(C)c(C)nc12. The highest BCUT2D eigenvalue weighted by Crippen LogP contribution is 2.24. The van der Waals surface area contributed by atoms with Crippen LogP contribution in [-0.4, -0.2) is 38.7 Å². The van der Waals surface area contributed by atoms with Crippen molar-refractivity contribution in [3.8, 4) is 0 Å². The summed E-state index contributed by atoms with van der Waals surface area (Å²) in [5.74, 6) is -1.83. The van der Waals surface area contributed by atoms with E-state index in [1.807, 2.05) is 24.3 Å². The highest BCUT2D eigenvalue weighted by molar-refractivity contribution is 5.98. The van der Waals surface area contributed by atoms with Crippen molar-refractivity contribution in [3.05, 3.63) is 64.1 Å². The van der Waals surface area contributed by atoms with Crippen molar-refractivity contribution < 1.29 is 19.5 Å². The smallest absolute Gasteiger partial charge is 0.326 e. The second kappa shape index (κ2) is 9.64. The van der Waals surface area contributed by atoms with Gasteiger partial charge in [-0.25, -0.2) is 9.78 Å². The normalized spacial score (nSPS) is 11.9. The molecule has 0 spiro atoms. The number of benzene rings is 1. The molecule has 0 fully saturated rings. The van der Waals surface area contributed by atoms with Crippen molar-refractivity contribution in [3.63, 3.8) is 0 Å². The highest BCUT2D eigenvalue weighted by atomic mass is 16.4. The number of fused-ring (bicyclic) bond motifs is 1. The lowest BCUT2D eigenvalue weighted by atomic mass is 10.00. The minimum absolute atomic E-state index is 0.276. The van der Waals surface area contributed by atoms with E-state index in [1.165, 1.54) is 16.7 Å². The van der Waals surface area contributed by atoms with Gasteiger partial charge in [-0.15, -0.1) is 0 Å². The van der Waals surface area contributed by atoms with Crippen LogP contribution in [0.5, 0.6) is 0 Å². The number of nitrogens with one attached hydrogen (secondary N) is 2. The summed E-state index contributed by atoms with van der Waals surface area (Å²) < 4.78 is 1.82. The number of aliphatic carboxylic acids is 1. The molecule has 0 aliphatic rings. The predicted octanol–water partition coefficient (Wildman–Crippen LogP) is 3.21. The molecule has 8 heteroatoms. The van der Waals surface area contributed by atoms with E-state index >= 15 is 0 Å². The first kappa shape index (κ1) is 23.0. The number of carbonyl (C=O) groups excluding carboxylic acids is 2. The van der Waals surface area contributed by atoms with Gasteiger partial charge in [-0.1, -0.05) is 25.1 Å². The first-order valence-corrected chi connectivity index (χ1v) is 10.5. The van der Waals surface area contributed by atoms with Gasteiger partial charge >= 0.3 is 5.97 Å². The first-order valence-electron chi connectivity index (χ1n) is 10.5. The Labute approximate surface area is 186 Å². The van der Waals surface area contributed by atoms with Crippen LogP contribution in [-0.2, 0) is 22.6 Å². The molecule has 1 aromatic carbocycles. The molecule has 0 saturated carbocycles. The minimum Gasteiger partial charge on any atom is -0.480 e. The van der Waals surface area contributed by atoms with E-state index in [9.17, 15) is 19.5 Å². The van der Waals surface area contributed by atoms with Crippen LogP contribution in [0.3, 0.4) is 0 Å². The lowest BCUT2D eigenvalue weighted by Gasteiger charge is -2.16. The minimum atomic E-state index is -1.28. The average Bonchev–Trinajstić information content (AvgIpc) is 3.05. The first-order chi connectivity index (χ1) is 15.3. The third kappa shape index (κ3) is 4.64. The van der Waals surface area contributed by atoms with Crippen LogP contribution in [0.15, 0.2) is 30.5 Å². The Balaban J connectivity index is 1.99. The second-order valence-corrected chi connectivity index (χ2v) is 7.81. The molecular formula is C24H28N4O4. The van der Waals surface area contributed by atoms with Gasteiger partial charge in [0.15, 0.2) is 5.65 Å². The zero-order chi connectivity index (χ0) is 23.4. The van der Waals surface area contributed by atoms with Crippen molar-refractivity contribution in [2.24, 2.45) is 0 Å². The third-order valence-corrected chi connectivity index (χ3v) is 5.74. The zero-order valence-electron chi connectivity index (χ0n) is 18.7. The van der Waals surface area contributed by atoms with Crippen molar-refractivity contribution >= 4 is 29.5 Å². The molecule has 0 saturated heterocycles. The molecule has 0 aliphatic carbocycles. The average molecular weight is 437 g/mol. The van der Waals surface area contributed by atoms with Gasteiger partial charge in [-0.3, -0.25) is 4.79 Å². The number of aldehydes is 1. The molecule has 8 nitrogen and oxygen atoms in total. The number of pyridine rings is 1. The van der Waals surface area contributed by atoms with Gasteiger partial charge in [0.2, 0.25) is 0 Å². The Morgan fingerprint density at radius 1 is 1.25 bits per heavy atom. The second-order valence-electron chi connectivity index (χ2n) is 7.81. The van der Waals surface area contributed by atoms with Crippen LogP contribution in [0.1, 0.15) is 51.8 Å². The van der Waals surface area contributed by atoms with E-state index in [1.54, 1.807) is 12.3 Å². The van der Waals surface area contributed by atoms with Crippen molar-refractivity contribution in [1.82, 2.24) is 14.7 Å². The van der Waals surface area contributed by atoms with Crippen LogP contribution < -0.4 is 10.6 Å². The summed E-state index contributed by atoms with van der Waals surface area (Å²) >= 11 is 0. The van der Waals surface area contributed by atoms with Crippen molar-refractivity contribution in [2.75, 3.05) is 5.32 Å². The molecule has 3 aromatic rings. The lowest BCUT2D eigenvalue weighted by molar-refractivity contribution is -0.140. The van der Waals surface area contributed by atoms with Gasteiger partial charge in [0.25, 0.3) is 5.91 Å². The summed E-state index contributed by atoms with van der Waals surface area (Å²) in [6.45, 7) is 8.54. The number of hydrogen-bond donors (Lipinski definition) is 3. The van der Waals surface area contributed by atoms with E-state index in [2.05, 4.69) is 41.6 Å². The van der Waals surface area contributed by atoms with Crippen LogP contribution in [0.25, 0.3) is 5.65 Å². The van der Waals surface area contributed by atoms with E-state index in [0.717, 1.165) is 17.8 Å². The number of aryl methyl sites for hydroxylation is 4. The Hall–Kier alpha value is -3.68. The number of imidazole rings is 1. The molecule has 168 valence electrons. The van der Waals surface area contributed by atoms with Gasteiger partial charge in [-0.05, 0) is 49.9 Å². The summed E-state index contributed by atoms with van der Waals surface area (Å²) in [6, 6.07) is 6.60. The molecular weight excluding hydrogens is 408 g/mol. The van der Waals surface area contributed by atoms with Gasteiger partial charge in [0.1, 0.15) is 12.3 Å². The molecule has 1 amide bonds.